The molecule has 2 aromatic carbocycles. The topological polar surface area (TPSA) is 73.0 Å². The quantitative estimate of drug-likeness (QED) is 0.402. The van der Waals surface area contributed by atoms with Crippen LogP contribution in [0.2, 0.25) is 0 Å². The van der Waals surface area contributed by atoms with Gasteiger partial charge in [-0.3, -0.25) is 4.90 Å². The minimum Gasteiger partial charge on any atom is -0.366 e. The van der Waals surface area contributed by atoms with Gasteiger partial charge in [-0.2, -0.15) is 0 Å². The zero-order valence-corrected chi connectivity index (χ0v) is 21.6. The molecular formula is C30H33N7. The van der Waals surface area contributed by atoms with E-state index in [1.165, 1.54) is 24.8 Å². The van der Waals surface area contributed by atoms with Gasteiger partial charge in [-0.1, -0.05) is 24.1 Å². The molecule has 7 heteroatoms. The largest absolute Gasteiger partial charge is 0.366 e. The highest BCUT2D eigenvalue weighted by Crippen LogP contribution is 2.24. The third kappa shape index (κ3) is 5.51. The van der Waals surface area contributed by atoms with E-state index in [0.29, 0.717) is 11.7 Å². The SMILES string of the molecule is Cc1ccc(-c2nc3ccc(CN4CCN(C)CC4)cc3[nH]2)cc1C#Cc1ccc(NC2CCC2)nn1. The number of nitrogens with zero attached hydrogens (tertiary/aromatic N) is 5. The number of benzene rings is 2. The average Bonchev–Trinajstić information content (AvgIpc) is 3.31. The van der Waals surface area contributed by atoms with E-state index >= 15 is 0 Å². The normalized spacial score (nSPS) is 16.8. The monoisotopic (exact) mass is 491 g/mol. The lowest BCUT2D eigenvalue weighted by atomic mass is 9.93. The number of aromatic amines is 1. The predicted molar refractivity (Wildman–Crippen MR) is 148 cm³/mol. The Bertz CT molecular complexity index is 1450. The van der Waals surface area contributed by atoms with Crippen molar-refractivity contribution in [2.24, 2.45) is 0 Å². The number of piperazine rings is 1. The molecule has 1 saturated carbocycles. The summed E-state index contributed by atoms with van der Waals surface area (Å²) >= 11 is 0. The molecule has 3 heterocycles. The van der Waals surface area contributed by atoms with Crippen LogP contribution in [0, 0.1) is 18.8 Å². The minimum absolute atomic E-state index is 0.540. The Morgan fingerprint density at radius 2 is 1.84 bits per heavy atom. The van der Waals surface area contributed by atoms with Crippen molar-refractivity contribution < 1.29 is 0 Å². The van der Waals surface area contributed by atoms with Crippen molar-refractivity contribution in [1.82, 2.24) is 30.0 Å². The van der Waals surface area contributed by atoms with Gasteiger partial charge >= 0.3 is 0 Å². The van der Waals surface area contributed by atoms with Crippen molar-refractivity contribution in [2.45, 2.75) is 38.8 Å². The first-order valence-corrected chi connectivity index (χ1v) is 13.2. The number of aromatic nitrogens is 4. The maximum absolute atomic E-state index is 4.86. The average molecular weight is 492 g/mol. The molecule has 1 saturated heterocycles. The van der Waals surface area contributed by atoms with E-state index in [2.05, 4.69) is 92.5 Å². The molecule has 0 bridgehead atoms. The molecule has 37 heavy (non-hydrogen) atoms. The number of fused-ring (bicyclic) bond motifs is 1. The van der Waals surface area contributed by atoms with Crippen LogP contribution in [0.4, 0.5) is 5.82 Å². The Morgan fingerprint density at radius 3 is 2.59 bits per heavy atom. The molecule has 0 radical (unpaired) electrons. The standard InChI is InChI=1S/C30H33N7/c1-21-6-8-24(19-23(21)9-10-26-11-13-29(35-34-26)31-25-4-3-5-25)30-32-27-12-7-22(18-28(27)33-30)20-37-16-14-36(2)15-17-37/h6-8,11-13,18-19,25H,3-5,14-17,20H2,1-2H3,(H,31,35)(H,32,33). The summed E-state index contributed by atoms with van der Waals surface area (Å²) < 4.78 is 0. The van der Waals surface area contributed by atoms with Crippen molar-refractivity contribution >= 4 is 16.9 Å². The van der Waals surface area contributed by atoms with Crippen LogP contribution in [0.15, 0.2) is 48.5 Å². The summed E-state index contributed by atoms with van der Waals surface area (Å²) in [7, 11) is 2.19. The smallest absolute Gasteiger partial charge is 0.148 e. The summed E-state index contributed by atoms with van der Waals surface area (Å²) in [6.07, 6.45) is 3.71. The molecule has 1 aliphatic carbocycles. The number of hydrogen-bond acceptors (Lipinski definition) is 6. The summed E-state index contributed by atoms with van der Waals surface area (Å²) in [4.78, 5) is 13.3. The molecule has 188 valence electrons. The summed E-state index contributed by atoms with van der Waals surface area (Å²) in [5, 5.41) is 12.0. The molecule has 2 aliphatic rings. The summed E-state index contributed by atoms with van der Waals surface area (Å²) in [6, 6.07) is 17.3. The van der Waals surface area contributed by atoms with E-state index in [1.54, 1.807) is 0 Å². The lowest BCUT2D eigenvalue weighted by Gasteiger charge is -2.32. The Morgan fingerprint density at radius 1 is 0.973 bits per heavy atom. The van der Waals surface area contributed by atoms with Gasteiger partial charge in [0.1, 0.15) is 17.3 Å². The second-order valence-electron chi connectivity index (χ2n) is 10.4. The number of likely N-dealkylation sites (N-methyl/N-ethyl adjacent to an activating group) is 1. The fourth-order valence-electron chi connectivity index (χ4n) is 4.83. The zero-order valence-electron chi connectivity index (χ0n) is 21.6. The van der Waals surface area contributed by atoms with Gasteiger partial charge in [-0.05, 0) is 80.6 Å². The minimum atomic E-state index is 0.540. The van der Waals surface area contributed by atoms with Crippen molar-refractivity contribution in [1.29, 1.82) is 0 Å². The van der Waals surface area contributed by atoms with Crippen molar-refractivity contribution in [3.8, 4) is 23.2 Å². The highest BCUT2D eigenvalue weighted by atomic mass is 15.2. The fraction of sp³-hybridized carbons (Fsp3) is 0.367. The first kappa shape index (κ1) is 23.7. The van der Waals surface area contributed by atoms with Gasteiger partial charge in [0.25, 0.3) is 0 Å². The zero-order chi connectivity index (χ0) is 25.2. The maximum atomic E-state index is 4.86. The number of nitrogens with one attached hydrogen (secondary N) is 2. The molecule has 2 N–H and O–H groups in total. The van der Waals surface area contributed by atoms with Crippen LogP contribution in [0.25, 0.3) is 22.4 Å². The van der Waals surface area contributed by atoms with Gasteiger partial charge < -0.3 is 15.2 Å². The molecule has 2 fully saturated rings. The second kappa shape index (κ2) is 10.3. The number of imidazole rings is 1. The van der Waals surface area contributed by atoms with Crippen molar-refractivity contribution in [3.05, 3.63) is 70.9 Å². The van der Waals surface area contributed by atoms with Gasteiger partial charge in [0.2, 0.25) is 0 Å². The molecule has 0 unspecified atom stereocenters. The number of aryl methyl sites for hydroxylation is 1. The van der Waals surface area contributed by atoms with E-state index in [4.69, 9.17) is 4.98 Å². The fourth-order valence-corrected chi connectivity index (χ4v) is 4.83. The van der Waals surface area contributed by atoms with Gasteiger partial charge in [0.05, 0.1) is 11.0 Å². The van der Waals surface area contributed by atoms with E-state index in [1.807, 2.05) is 12.1 Å². The first-order chi connectivity index (χ1) is 18.1. The predicted octanol–water partition coefficient (Wildman–Crippen LogP) is 4.44. The lowest BCUT2D eigenvalue weighted by molar-refractivity contribution is 0.148. The van der Waals surface area contributed by atoms with E-state index in [-0.39, 0.29) is 0 Å². The van der Waals surface area contributed by atoms with E-state index in [9.17, 15) is 0 Å². The van der Waals surface area contributed by atoms with Crippen LogP contribution in [-0.2, 0) is 6.54 Å². The third-order valence-corrected chi connectivity index (χ3v) is 7.51. The van der Waals surface area contributed by atoms with Crippen molar-refractivity contribution in [2.75, 3.05) is 38.5 Å². The van der Waals surface area contributed by atoms with Crippen LogP contribution in [0.3, 0.4) is 0 Å². The highest BCUT2D eigenvalue weighted by Gasteiger charge is 2.17. The van der Waals surface area contributed by atoms with Crippen LogP contribution >= 0.6 is 0 Å². The number of rotatable bonds is 5. The highest BCUT2D eigenvalue weighted by molar-refractivity contribution is 5.80. The molecule has 4 aromatic rings. The second-order valence-corrected chi connectivity index (χ2v) is 10.4. The van der Waals surface area contributed by atoms with Crippen LogP contribution in [0.5, 0.6) is 0 Å². The Hall–Kier alpha value is -3.73. The maximum Gasteiger partial charge on any atom is 0.148 e. The summed E-state index contributed by atoms with van der Waals surface area (Å²) in [5.74, 6) is 8.15. The molecular weight excluding hydrogens is 458 g/mol. The Labute approximate surface area is 218 Å². The third-order valence-electron chi connectivity index (χ3n) is 7.51. The molecule has 6 rings (SSSR count). The number of hydrogen-bond donors (Lipinski definition) is 2. The molecule has 0 atom stereocenters. The molecule has 0 amide bonds. The van der Waals surface area contributed by atoms with Gasteiger partial charge in [0.15, 0.2) is 0 Å². The molecule has 7 nitrogen and oxygen atoms in total. The Kier molecular flexibility index (Phi) is 6.60. The summed E-state index contributed by atoms with van der Waals surface area (Å²) in [6.45, 7) is 7.54. The van der Waals surface area contributed by atoms with Crippen LogP contribution in [-0.4, -0.2) is 69.2 Å². The number of H-pyrrole nitrogens is 1. The molecule has 0 spiro atoms. The Balaban J connectivity index is 1.18. The molecule has 1 aliphatic heterocycles. The van der Waals surface area contributed by atoms with Crippen molar-refractivity contribution in [3.63, 3.8) is 0 Å². The van der Waals surface area contributed by atoms with E-state index < -0.39 is 0 Å². The van der Waals surface area contributed by atoms with Crippen LogP contribution in [0.1, 0.15) is 41.6 Å². The van der Waals surface area contributed by atoms with Gasteiger partial charge in [-0.15, -0.1) is 10.2 Å². The molecule has 2 aromatic heterocycles. The lowest BCUT2D eigenvalue weighted by Crippen LogP contribution is -2.43. The number of anilines is 1. The first-order valence-electron chi connectivity index (χ1n) is 13.2. The summed E-state index contributed by atoms with van der Waals surface area (Å²) in [5.41, 5.74) is 7.15. The van der Waals surface area contributed by atoms with Crippen LogP contribution < -0.4 is 5.32 Å². The van der Waals surface area contributed by atoms with Gasteiger partial charge in [0, 0.05) is 49.9 Å². The van der Waals surface area contributed by atoms with E-state index in [0.717, 1.165) is 72.1 Å². The van der Waals surface area contributed by atoms with Gasteiger partial charge in [-0.25, -0.2) is 4.98 Å².